The Morgan fingerprint density at radius 1 is 1.14 bits per heavy atom. The van der Waals surface area contributed by atoms with E-state index >= 15 is 0 Å². The van der Waals surface area contributed by atoms with Crippen LogP contribution in [0.2, 0.25) is 10.0 Å². The van der Waals surface area contributed by atoms with Crippen LogP contribution in [-0.2, 0) is 28.9 Å². The maximum atomic E-state index is 12.7. The largest absolute Gasteiger partial charge is 0.464 e. The van der Waals surface area contributed by atoms with Crippen molar-refractivity contribution in [2.24, 2.45) is 0 Å². The number of likely N-dealkylation sites (N-methyl/N-ethyl adjacent to an activating group) is 1. The van der Waals surface area contributed by atoms with Crippen molar-refractivity contribution in [1.82, 2.24) is 4.90 Å². The maximum absolute atomic E-state index is 12.7. The van der Waals surface area contributed by atoms with Crippen molar-refractivity contribution in [2.75, 3.05) is 18.9 Å². The van der Waals surface area contributed by atoms with Gasteiger partial charge in [-0.05, 0) is 54.7 Å². The van der Waals surface area contributed by atoms with Crippen LogP contribution in [0.25, 0.3) is 11.0 Å². The molecule has 0 saturated carbocycles. The molecular formula is C22H20Cl2N2O3. The van der Waals surface area contributed by atoms with Gasteiger partial charge in [0.25, 0.3) is 0 Å². The van der Waals surface area contributed by atoms with Gasteiger partial charge in [0, 0.05) is 18.0 Å². The van der Waals surface area contributed by atoms with Gasteiger partial charge in [-0.3, -0.25) is 9.59 Å². The average Bonchev–Trinajstić information content (AvgIpc) is 3.29. The van der Waals surface area contributed by atoms with Gasteiger partial charge in [-0.1, -0.05) is 29.3 Å². The number of aryl methyl sites for hydroxylation is 2. The topological polar surface area (TPSA) is 62.6 Å². The number of benzene rings is 2. The van der Waals surface area contributed by atoms with Crippen molar-refractivity contribution >= 4 is 51.7 Å². The van der Waals surface area contributed by atoms with E-state index in [4.69, 9.17) is 27.6 Å². The second-order valence-corrected chi connectivity index (χ2v) is 8.12. The lowest BCUT2D eigenvalue weighted by Gasteiger charge is -2.17. The van der Waals surface area contributed by atoms with E-state index in [9.17, 15) is 9.59 Å². The number of halogens is 2. The first-order valence-corrected chi connectivity index (χ1v) is 10.2. The Bertz CT molecular complexity index is 1090. The third-order valence-corrected chi connectivity index (χ3v) is 5.87. The Morgan fingerprint density at radius 2 is 1.83 bits per heavy atom. The number of hydrogen-bond acceptors (Lipinski definition) is 3. The minimum absolute atomic E-state index is 0.106. The number of amides is 2. The molecule has 3 aromatic rings. The van der Waals surface area contributed by atoms with Crippen molar-refractivity contribution in [3.8, 4) is 0 Å². The van der Waals surface area contributed by atoms with Crippen LogP contribution >= 0.6 is 23.2 Å². The van der Waals surface area contributed by atoms with Gasteiger partial charge < -0.3 is 14.6 Å². The molecule has 0 fully saturated rings. The zero-order valence-electron chi connectivity index (χ0n) is 15.9. The van der Waals surface area contributed by atoms with Crippen LogP contribution in [0.15, 0.2) is 41.0 Å². The molecular weight excluding hydrogens is 411 g/mol. The summed E-state index contributed by atoms with van der Waals surface area (Å²) in [5, 5.41) is 4.33. The molecule has 1 aliphatic rings. The molecule has 0 spiro atoms. The van der Waals surface area contributed by atoms with E-state index in [1.54, 1.807) is 31.5 Å². The molecule has 0 radical (unpaired) electrons. The lowest BCUT2D eigenvalue weighted by atomic mass is 10.0. The van der Waals surface area contributed by atoms with Crippen LogP contribution in [0.5, 0.6) is 0 Å². The maximum Gasteiger partial charge on any atom is 0.244 e. The summed E-state index contributed by atoms with van der Waals surface area (Å²) < 4.78 is 5.66. The fraction of sp³-hybridized carbons (Fsp3) is 0.273. The summed E-state index contributed by atoms with van der Waals surface area (Å²) in [4.78, 5) is 26.4. The molecule has 2 amide bonds. The second-order valence-electron chi connectivity index (χ2n) is 7.30. The molecule has 1 aliphatic carbocycles. The van der Waals surface area contributed by atoms with Gasteiger partial charge in [0.15, 0.2) is 0 Å². The lowest BCUT2D eigenvalue weighted by molar-refractivity contribution is -0.132. The van der Waals surface area contributed by atoms with Crippen LogP contribution in [0.1, 0.15) is 23.1 Å². The highest BCUT2D eigenvalue weighted by atomic mass is 35.5. The highest BCUT2D eigenvalue weighted by molar-refractivity contribution is 6.39. The third kappa shape index (κ3) is 4.11. The van der Waals surface area contributed by atoms with Crippen LogP contribution in [0, 0.1) is 0 Å². The Balaban J connectivity index is 1.42. The van der Waals surface area contributed by atoms with Gasteiger partial charge in [0.2, 0.25) is 11.8 Å². The molecule has 0 saturated heterocycles. The quantitative estimate of drug-likeness (QED) is 0.627. The zero-order chi connectivity index (χ0) is 20.5. The van der Waals surface area contributed by atoms with E-state index in [-0.39, 0.29) is 24.8 Å². The van der Waals surface area contributed by atoms with Crippen LogP contribution < -0.4 is 5.32 Å². The Morgan fingerprint density at radius 3 is 2.55 bits per heavy atom. The van der Waals surface area contributed by atoms with Crippen LogP contribution in [0.3, 0.4) is 0 Å². The molecule has 0 atom stereocenters. The molecule has 2 aromatic carbocycles. The molecule has 1 heterocycles. The second kappa shape index (κ2) is 8.09. The number of hydrogen-bond donors (Lipinski definition) is 1. The Kier molecular flexibility index (Phi) is 5.52. The summed E-state index contributed by atoms with van der Waals surface area (Å²) in [6.45, 7) is -0.106. The van der Waals surface area contributed by atoms with E-state index in [1.807, 2.05) is 0 Å². The molecule has 0 aliphatic heterocycles. The molecule has 29 heavy (non-hydrogen) atoms. The van der Waals surface area contributed by atoms with Crippen LogP contribution in [0.4, 0.5) is 5.69 Å². The van der Waals surface area contributed by atoms with Crippen molar-refractivity contribution in [1.29, 1.82) is 0 Å². The first-order valence-electron chi connectivity index (χ1n) is 9.42. The van der Waals surface area contributed by atoms with E-state index in [1.165, 1.54) is 16.0 Å². The summed E-state index contributed by atoms with van der Waals surface area (Å²) in [6.07, 6.45) is 5.10. The third-order valence-electron chi connectivity index (χ3n) is 5.24. The van der Waals surface area contributed by atoms with Crippen molar-refractivity contribution < 1.29 is 14.0 Å². The van der Waals surface area contributed by atoms with Gasteiger partial charge in [0.1, 0.15) is 5.58 Å². The Hall–Kier alpha value is -2.50. The summed E-state index contributed by atoms with van der Waals surface area (Å²) in [7, 11) is 1.59. The van der Waals surface area contributed by atoms with Crippen molar-refractivity contribution in [3.63, 3.8) is 0 Å². The molecule has 1 N–H and O–H groups in total. The predicted molar refractivity (Wildman–Crippen MR) is 115 cm³/mol. The smallest absolute Gasteiger partial charge is 0.244 e. The zero-order valence-corrected chi connectivity index (χ0v) is 17.4. The standard InChI is InChI=1S/C22H20Cl2N2O3/c1-26(11-20(27)25-22-17(23)6-3-7-18(22)24)21(28)10-15-12-29-19-9-14-5-2-4-13(14)8-16(15)19/h3,6-9,12H,2,4-5,10-11H2,1H3,(H,25,27). The minimum Gasteiger partial charge on any atom is -0.464 e. The number of rotatable bonds is 5. The fourth-order valence-electron chi connectivity index (χ4n) is 3.68. The number of nitrogens with zero attached hydrogens (tertiary/aromatic N) is 1. The molecule has 0 bridgehead atoms. The first-order chi connectivity index (χ1) is 13.9. The lowest BCUT2D eigenvalue weighted by Crippen LogP contribution is -2.35. The number of anilines is 1. The fourth-order valence-corrected chi connectivity index (χ4v) is 4.17. The summed E-state index contributed by atoms with van der Waals surface area (Å²) in [5.74, 6) is -0.542. The highest BCUT2D eigenvalue weighted by Crippen LogP contribution is 2.31. The van der Waals surface area contributed by atoms with Gasteiger partial charge in [-0.2, -0.15) is 0 Å². The number of carbonyl (C=O) groups is 2. The van der Waals surface area contributed by atoms with Gasteiger partial charge >= 0.3 is 0 Å². The van der Waals surface area contributed by atoms with Gasteiger partial charge in [-0.15, -0.1) is 0 Å². The SMILES string of the molecule is CN(CC(=O)Nc1c(Cl)cccc1Cl)C(=O)Cc1coc2cc3c(cc12)CCC3. The Labute approximate surface area is 178 Å². The van der Waals surface area contributed by atoms with E-state index < -0.39 is 0 Å². The van der Waals surface area contributed by atoms with E-state index in [0.717, 1.165) is 35.8 Å². The minimum atomic E-state index is -0.370. The number of carbonyl (C=O) groups excluding carboxylic acids is 2. The highest BCUT2D eigenvalue weighted by Gasteiger charge is 2.19. The van der Waals surface area contributed by atoms with E-state index in [0.29, 0.717) is 15.7 Å². The molecule has 5 nitrogen and oxygen atoms in total. The molecule has 4 rings (SSSR count). The monoisotopic (exact) mass is 430 g/mol. The van der Waals surface area contributed by atoms with Crippen molar-refractivity contribution in [2.45, 2.75) is 25.7 Å². The number of nitrogens with one attached hydrogen (secondary N) is 1. The molecule has 1 aromatic heterocycles. The average molecular weight is 431 g/mol. The van der Waals surface area contributed by atoms with Gasteiger partial charge in [0.05, 0.1) is 35.0 Å². The predicted octanol–water partition coefficient (Wildman–Crippen LogP) is 4.87. The summed E-state index contributed by atoms with van der Waals surface area (Å²) >= 11 is 12.1. The number of para-hydroxylation sites is 1. The van der Waals surface area contributed by atoms with Crippen LogP contribution in [-0.4, -0.2) is 30.3 Å². The van der Waals surface area contributed by atoms with Crippen molar-refractivity contribution in [3.05, 3.63) is 63.3 Å². The number of furan rings is 1. The summed E-state index contributed by atoms with van der Waals surface area (Å²) in [6, 6.07) is 9.18. The molecule has 0 unspecified atom stereocenters. The summed E-state index contributed by atoms with van der Waals surface area (Å²) in [5.41, 5.74) is 4.65. The van der Waals surface area contributed by atoms with E-state index in [2.05, 4.69) is 17.4 Å². The molecule has 150 valence electrons. The normalized spacial score (nSPS) is 12.8. The number of fused-ring (bicyclic) bond motifs is 2. The molecule has 7 heteroatoms. The first kappa shape index (κ1) is 19.8. The van der Waals surface area contributed by atoms with Gasteiger partial charge in [-0.25, -0.2) is 0 Å².